The zero-order valence-corrected chi connectivity index (χ0v) is 16.0. The molecule has 0 aliphatic carbocycles. The Hall–Kier alpha value is -3.87. The van der Waals surface area contributed by atoms with Crippen LogP contribution in [0.5, 0.6) is 5.75 Å². The molecule has 0 fully saturated rings. The van der Waals surface area contributed by atoms with Crippen LogP contribution in [-0.4, -0.2) is 24.0 Å². The molecule has 3 rings (SSSR count). The van der Waals surface area contributed by atoms with Crippen molar-refractivity contribution in [1.82, 2.24) is 15.6 Å². The molecule has 3 N–H and O–H groups in total. The maximum atomic E-state index is 12.1. The Morgan fingerprint density at radius 1 is 0.862 bits per heavy atom. The Morgan fingerprint density at radius 3 is 2.14 bits per heavy atom. The van der Waals surface area contributed by atoms with Gasteiger partial charge in [-0.3, -0.25) is 9.78 Å². The highest BCUT2D eigenvalue weighted by Crippen LogP contribution is 2.12. The van der Waals surface area contributed by atoms with Gasteiger partial charge in [-0.25, -0.2) is 4.79 Å². The number of aromatic nitrogens is 1. The van der Waals surface area contributed by atoms with Gasteiger partial charge >= 0.3 is 6.03 Å². The number of rotatable bonds is 7. The molecule has 0 saturated carbocycles. The fourth-order valence-electron chi connectivity index (χ4n) is 2.58. The Labute approximate surface area is 169 Å². The van der Waals surface area contributed by atoms with Crippen LogP contribution in [0.3, 0.4) is 0 Å². The number of hydrogen-bond acceptors (Lipinski definition) is 4. The summed E-state index contributed by atoms with van der Waals surface area (Å²) >= 11 is 0. The minimum Gasteiger partial charge on any atom is -0.497 e. The van der Waals surface area contributed by atoms with Crippen LogP contribution in [0.25, 0.3) is 0 Å². The molecule has 0 radical (unpaired) electrons. The molecule has 0 aliphatic heterocycles. The highest BCUT2D eigenvalue weighted by atomic mass is 16.5. The van der Waals surface area contributed by atoms with Gasteiger partial charge in [-0.05, 0) is 47.5 Å². The molecule has 1 aromatic heterocycles. The van der Waals surface area contributed by atoms with Gasteiger partial charge in [0.1, 0.15) is 11.4 Å². The number of pyridine rings is 1. The summed E-state index contributed by atoms with van der Waals surface area (Å²) in [6.07, 6.45) is 1.58. The number of carbonyl (C=O) groups is 2. The molecule has 29 heavy (non-hydrogen) atoms. The van der Waals surface area contributed by atoms with Gasteiger partial charge in [0.05, 0.1) is 7.11 Å². The number of anilines is 1. The van der Waals surface area contributed by atoms with Crippen LogP contribution in [0.4, 0.5) is 10.5 Å². The first-order valence-corrected chi connectivity index (χ1v) is 9.10. The fraction of sp³-hybridized carbons (Fsp3) is 0.136. The first kappa shape index (κ1) is 19.9. The van der Waals surface area contributed by atoms with Crippen molar-refractivity contribution in [2.24, 2.45) is 0 Å². The molecular weight excluding hydrogens is 368 g/mol. The van der Waals surface area contributed by atoms with Crippen molar-refractivity contribution in [3.05, 3.63) is 89.7 Å². The van der Waals surface area contributed by atoms with Crippen molar-refractivity contribution < 1.29 is 14.3 Å². The molecule has 3 amide bonds. The third kappa shape index (κ3) is 6.07. The molecule has 3 aromatic rings. The predicted octanol–water partition coefficient (Wildman–Crippen LogP) is 3.34. The summed E-state index contributed by atoms with van der Waals surface area (Å²) in [6.45, 7) is 0.785. The number of urea groups is 1. The second-order valence-corrected chi connectivity index (χ2v) is 6.25. The number of nitrogens with zero attached hydrogens (tertiary/aromatic N) is 1. The molecule has 0 aliphatic rings. The maximum absolute atomic E-state index is 12.1. The second-order valence-electron chi connectivity index (χ2n) is 6.25. The lowest BCUT2D eigenvalue weighted by atomic mass is 10.2. The summed E-state index contributed by atoms with van der Waals surface area (Å²) in [5, 5.41) is 8.40. The Kier molecular flexibility index (Phi) is 6.78. The van der Waals surface area contributed by atoms with E-state index in [1.54, 1.807) is 43.6 Å². The fourth-order valence-corrected chi connectivity index (χ4v) is 2.58. The standard InChI is InChI=1S/C22H22N4O3/c1-29-19-11-7-17(8-12-19)15-25-22(28)26-18-9-5-16(6-10-18)14-24-21(27)20-4-2-3-13-23-20/h2-13H,14-15H2,1H3,(H,24,27)(H2,25,26,28). The molecule has 7 nitrogen and oxygen atoms in total. The first-order valence-electron chi connectivity index (χ1n) is 9.10. The lowest BCUT2D eigenvalue weighted by molar-refractivity contribution is 0.0946. The lowest BCUT2D eigenvalue weighted by Crippen LogP contribution is -2.28. The normalized spacial score (nSPS) is 10.1. The molecule has 1 heterocycles. The lowest BCUT2D eigenvalue weighted by Gasteiger charge is -2.09. The van der Waals surface area contributed by atoms with E-state index in [1.165, 1.54) is 0 Å². The molecule has 148 valence electrons. The van der Waals surface area contributed by atoms with Crippen LogP contribution in [0.2, 0.25) is 0 Å². The quantitative estimate of drug-likeness (QED) is 0.577. The van der Waals surface area contributed by atoms with Gasteiger partial charge < -0.3 is 20.7 Å². The maximum Gasteiger partial charge on any atom is 0.319 e. The minimum atomic E-state index is -0.294. The second kappa shape index (κ2) is 9.89. The number of hydrogen-bond donors (Lipinski definition) is 3. The van der Waals surface area contributed by atoms with E-state index >= 15 is 0 Å². The van der Waals surface area contributed by atoms with E-state index < -0.39 is 0 Å². The van der Waals surface area contributed by atoms with Crippen LogP contribution in [-0.2, 0) is 13.1 Å². The van der Waals surface area contributed by atoms with Crippen molar-refractivity contribution in [2.45, 2.75) is 13.1 Å². The highest BCUT2D eigenvalue weighted by Gasteiger charge is 2.06. The summed E-state index contributed by atoms with van der Waals surface area (Å²) in [7, 11) is 1.61. The number of ether oxygens (including phenoxy) is 1. The average molecular weight is 390 g/mol. The van der Waals surface area contributed by atoms with Gasteiger partial charge in [0, 0.05) is 25.0 Å². The molecule has 2 aromatic carbocycles. The van der Waals surface area contributed by atoms with E-state index in [0.717, 1.165) is 16.9 Å². The van der Waals surface area contributed by atoms with Crippen molar-refractivity contribution in [1.29, 1.82) is 0 Å². The van der Waals surface area contributed by atoms with Crippen molar-refractivity contribution in [3.63, 3.8) is 0 Å². The Balaban J connectivity index is 1.44. The van der Waals surface area contributed by atoms with Crippen LogP contribution >= 0.6 is 0 Å². The summed E-state index contributed by atoms with van der Waals surface area (Å²) in [6, 6.07) is 19.6. The number of carbonyl (C=O) groups excluding carboxylic acids is 2. The van der Waals surface area contributed by atoms with Crippen molar-refractivity contribution in [3.8, 4) is 5.75 Å². The molecule has 0 saturated heterocycles. The van der Waals surface area contributed by atoms with Gasteiger partial charge in [0.15, 0.2) is 0 Å². The Morgan fingerprint density at radius 2 is 1.52 bits per heavy atom. The van der Waals surface area contributed by atoms with E-state index in [-0.39, 0.29) is 11.9 Å². The van der Waals surface area contributed by atoms with Gasteiger partial charge in [-0.15, -0.1) is 0 Å². The van der Waals surface area contributed by atoms with E-state index in [1.807, 2.05) is 36.4 Å². The van der Waals surface area contributed by atoms with E-state index in [0.29, 0.717) is 24.5 Å². The van der Waals surface area contributed by atoms with E-state index in [2.05, 4.69) is 20.9 Å². The van der Waals surface area contributed by atoms with Gasteiger partial charge in [0.2, 0.25) is 0 Å². The van der Waals surface area contributed by atoms with Crippen LogP contribution in [0, 0.1) is 0 Å². The largest absolute Gasteiger partial charge is 0.497 e. The van der Waals surface area contributed by atoms with Gasteiger partial charge in [-0.2, -0.15) is 0 Å². The summed E-state index contributed by atoms with van der Waals surface area (Å²) in [4.78, 5) is 28.1. The zero-order valence-electron chi connectivity index (χ0n) is 16.0. The number of amides is 3. The minimum absolute atomic E-state index is 0.231. The van der Waals surface area contributed by atoms with Crippen LogP contribution < -0.4 is 20.7 Å². The van der Waals surface area contributed by atoms with Crippen molar-refractivity contribution >= 4 is 17.6 Å². The zero-order chi connectivity index (χ0) is 20.5. The van der Waals surface area contributed by atoms with Crippen LogP contribution in [0.1, 0.15) is 21.6 Å². The first-order chi connectivity index (χ1) is 14.1. The molecule has 0 spiro atoms. The topological polar surface area (TPSA) is 92.4 Å². The third-order valence-corrected chi connectivity index (χ3v) is 4.17. The number of nitrogens with one attached hydrogen (secondary N) is 3. The monoisotopic (exact) mass is 390 g/mol. The molecule has 0 unspecified atom stereocenters. The Bertz CT molecular complexity index is 942. The summed E-state index contributed by atoms with van der Waals surface area (Å²) in [5.74, 6) is 0.542. The molecule has 0 bridgehead atoms. The number of methoxy groups -OCH3 is 1. The SMILES string of the molecule is COc1ccc(CNC(=O)Nc2ccc(CNC(=O)c3ccccn3)cc2)cc1. The highest BCUT2D eigenvalue weighted by molar-refractivity contribution is 5.92. The molecular formula is C22H22N4O3. The smallest absolute Gasteiger partial charge is 0.319 e. The third-order valence-electron chi connectivity index (χ3n) is 4.17. The summed E-state index contributed by atoms with van der Waals surface area (Å²) in [5.41, 5.74) is 2.93. The van der Waals surface area contributed by atoms with Gasteiger partial charge in [-0.1, -0.05) is 30.3 Å². The van der Waals surface area contributed by atoms with Crippen molar-refractivity contribution in [2.75, 3.05) is 12.4 Å². The van der Waals surface area contributed by atoms with E-state index in [9.17, 15) is 9.59 Å². The van der Waals surface area contributed by atoms with Crippen LogP contribution in [0.15, 0.2) is 72.9 Å². The molecule has 0 atom stereocenters. The average Bonchev–Trinajstić information content (AvgIpc) is 2.78. The number of benzene rings is 2. The molecule has 7 heteroatoms. The van der Waals surface area contributed by atoms with E-state index in [4.69, 9.17) is 4.74 Å². The summed E-state index contributed by atoms with van der Waals surface area (Å²) < 4.78 is 5.11. The van der Waals surface area contributed by atoms with Gasteiger partial charge in [0.25, 0.3) is 5.91 Å². The predicted molar refractivity (Wildman–Crippen MR) is 111 cm³/mol.